The molecule has 1 N–H and O–H groups in total. The van der Waals surface area contributed by atoms with Gasteiger partial charge in [0.2, 0.25) is 0 Å². The molecule has 0 fully saturated rings. The molecular weight excluding hydrogens is 257 g/mol. The number of anilines is 2. The summed E-state index contributed by atoms with van der Waals surface area (Å²) >= 11 is 0. The minimum absolute atomic E-state index is 0.259. The van der Waals surface area contributed by atoms with Gasteiger partial charge in [0.15, 0.2) is 0 Å². The zero-order valence-corrected chi connectivity index (χ0v) is 9.61. The molecule has 0 saturated heterocycles. The first-order chi connectivity index (χ1) is 8.99. The van der Waals surface area contributed by atoms with Crippen LogP contribution >= 0.6 is 0 Å². The van der Waals surface area contributed by atoms with E-state index in [0.29, 0.717) is 11.4 Å². The first-order valence-electron chi connectivity index (χ1n) is 5.37. The van der Waals surface area contributed by atoms with Crippen LogP contribution in [-0.4, -0.2) is 0 Å². The van der Waals surface area contributed by atoms with E-state index in [9.17, 15) is 18.1 Å². The van der Waals surface area contributed by atoms with Gasteiger partial charge in [-0.2, -0.15) is 13.2 Å². The van der Waals surface area contributed by atoms with Gasteiger partial charge < -0.3 is 5.32 Å². The number of nitrogens with one attached hydrogen (secondary N) is 1. The van der Waals surface area contributed by atoms with E-state index in [4.69, 9.17) is 0 Å². The van der Waals surface area contributed by atoms with E-state index in [1.807, 2.05) is 0 Å². The van der Waals surface area contributed by atoms with Crippen LogP contribution in [0, 0.1) is 4.91 Å². The van der Waals surface area contributed by atoms with Crippen LogP contribution in [0.1, 0.15) is 5.56 Å². The molecule has 2 rings (SSSR count). The van der Waals surface area contributed by atoms with Crippen molar-refractivity contribution in [3.8, 4) is 0 Å². The molecule has 0 amide bonds. The molecule has 0 spiro atoms. The van der Waals surface area contributed by atoms with Gasteiger partial charge in [-0.1, -0.05) is 6.07 Å². The average Bonchev–Trinajstić information content (AvgIpc) is 2.39. The van der Waals surface area contributed by atoms with Gasteiger partial charge in [-0.25, -0.2) is 0 Å². The van der Waals surface area contributed by atoms with Gasteiger partial charge >= 0.3 is 6.18 Å². The minimum Gasteiger partial charge on any atom is -0.356 e. The largest absolute Gasteiger partial charge is 0.416 e. The summed E-state index contributed by atoms with van der Waals surface area (Å²) in [5, 5.41) is 5.56. The lowest BCUT2D eigenvalue weighted by atomic mass is 10.2. The molecule has 0 saturated carbocycles. The monoisotopic (exact) mass is 266 g/mol. The number of hydrogen-bond acceptors (Lipinski definition) is 3. The topological polar surface area (TPSA) is 41.5 Å². The van der Waals surface area contributed by atoms with Crippen molar-refractivity contribution in [1.29, 1.82) is 0 Å². The molecule has 0 bridgehead atoms. The summed E-state index contributed by atoms with van der Waals surface area (Å²) in [5.41, 5.74) is 0.437. The van der Waals surface area contributed by atoms with Crippen molar-refractivity contribution in [3.05, 3.63) is 59.0 Å². The number of rotatable bonds is 3. The first kappa shape index (κ1) is 13.1. The lowest BCUT2D eigenvalue weighted by molar-refractivity contribution is -0.137. The highest BCUT2D eigenvalue weighted by molar-refractivity contribution is 5.62. The smallest absolute Gasteiger partial charge is 0.356 e. The molecule has 3 nitrogen and oxygen atoms in total. The zero-order valence-electron chi connectivity index (χ0n) is 9.61. The van der Waals surface area contributed by atoms with Gasteiger partial charge in [0, 0.05) is 11.4 Å². The molecule has 19 heavy (non-hydrogen) atoms. The summed E-state index contributed by atoms with van der Waals surface area (Å²) in [7, 11) is 0. The Kier molecular flexibility index (Phi) is 3.50. The van der Waals surface area contributed by atoms with Crippen LogP contribution in [0.5, 0.6) is 0 Å². The summed E-state index contributed by atoms with van der Waals surface area (Å²) in [4.78, 5) is 10.2. The van der Waals surface area contributed by atoms with E-state index in [-0.39, 0.29) is 5.69 Å². The Morgan fingerprint density at radius 2 is 1.63 bits per heavy atom. The molecule has 0 aromatic heterocycles. The van der Waals surface area contributed by atoms with Crippen LogP contribution in [0.2, 0.25) is 0 Å². The molecule has 0 aliphatic heterocycles. The molecular formula is C13H9F3N2O. The zero-order chi connectivity index (χ0) is 13.9. The third-order valence-electron chi connectivity index (χ3n) is 2.45. The lowest BCUT2D eigenvalue weighted by Gasteiger charge is -2.10. The van der Waals surface area contributed by atoms with Crippen LogP contribution in [0.25, 0.3) is 0 Å². The molecule has 0 unspecified atom stereocenters. The van der Waals surface area contributed by atoms with E-state index in [1.54, 1.807) is 12.1 Å². The number of hydrogen-bond donors (Lipinski definition) is 1. The second kappa shape index (κ2) is 5.09. The SMILES string of the molecule is O=Nc1ccc(Nc2cccc(C(F)(F)F)c2)cc1. The summed E-state index contributed by atoms with van der Waals surface area (Å²) in [6.07, 6.45) is -4.37. The van der Waals surface area contributed by atoms with Gasteiger partial charge in [-0.3, -0.25) is 0 Å². The van der Waals surface area contributed by atoms with E-state index in [0.717, 1.165) is 12.1 Å². The van der Waals surface area contributed by atoms with E-state index >= 15 is 0 Å². The Balaban J connectivity index is 2.20. The molecule has 0 radical (unpaired) electrons. The molecule has 0 heterocycles. The first-order valence-corrected chi connectivity index (χ1v) is 5.37. The third kappa shape index (κ3) is 3.31. The van der Waals surface area contributed by atoms with Crippen molar-refractivity contribution in [2.75, 3.05) is 5.32 Å². The maximum absolute atomic E-state index is 12.5. The van der Waals surface area contributed by atoms with Crippen molar-refractivity contribution < 1.29 is 13.2 Å². The molecule has 98 valence electrons. The second-order valence-electron chi connectivity index (χ2n) is 3.84. The molecule has 0 aliphatic carbocycles. The van der Waals surface area contributed by atoms with Crippen molar-refractivity contribution in [3.63, 3.8) is 0 Å². The normalized spacial score (nSPS) is 11.1. The van der Waals surface area contributed by atoms with Crippen molar-refractivity contribution in [2.45, 2.75) is 6.18 Å². The fourth-order valence-electron chi connectivity index (χ4n) is 1.55. The molecule has 2 aromatic rings. The van der Waals surface area contributed by atoms with Gasteiger partial charge in [0.05, 0.1) is 5.56 Å². The quantitative estimate of drug-likeness (QED) is 0.807. The van der Waals surface area contributed by atoms with Crippen LogP contribution in [-0.2, 0) is 6.18 Å². The predicted molar refractivity (Wildman–Crippen MR) is 66.6 cm³/mol. The number of nitrogens with zero attached hydrogens (tertiary/aromatic N) is 1. The number of alkyl halides is 3. The van der Waals surface area contributed by atoms with Crippen LogP contribution in [0.3, 0.4) is 0 Å². The van der Waals surface area contributed by atoms with Crippen molar-refractivity contribution in [1.82, 2.24) is 0 Å². The highest BCUT2D eigenvalue weighted by Gasteiger charge is 2.30. The average molecular weight is 266 g/mol. The van der Waals surface area contributed by atoms with E-state index in [2.05, 4.69) is 10.5 Å². The highest BCUT2D eigenvalue weighted by atomic mass is 19.4. The maximum Gasteiger partial charge on any atom is 0.416 e. The van der Waals surface area contributed by atoms with Gasteiger partial charge in [0.1, 0.15) is 5.69 Å². The molecule has 2 aromatic carbocycles. The lowest BCUT2D eigenvalue weighted by Crippen LogP contribution is -2.05. The predicted octanol–water partition coefficient (Wildman–Crippen LogP) is 4.85. The van der Waals surface area contributed by atoms with Crippen molar-refractivity contribution in [2.24, 2.45) is 5.18 Å². The Morgan fingerprint density at radius 3 is 2.21 bits per heavy atom. The fraction of sp³-hybridized carbons (Fsp3) is 0.0769. The molecule has 6 heteroatoms. The Bertz CT molecular complexity index is 579. The minimum atomic E-state index is -4.37. The highest BCUT2D eigenvalue weighted by Crippen LogP contribution is 2.31. The molecule has 0 aliphatic rings. The number of halogens is 3. The van der Waals surface area contributed by atoms with Crippen molar-refractivity contribution >= 4 is 17.1 Å². The fourth-order valence-corrected chi connectivity index (χ4v) is 1.55. The van der Waals surface area contributed by atoms with Crippen LogP contribution in [0.15, 0.2) is 53.7 Å². The summed E-state index contributed by atoms with van der Waals surface area (Å²) < 4.78 is 37.6. The maximum atomic E-state index is 12.5. The van der Waals surface area contributed by atoms with Crippen LogP contribution in [0.4, 0.5) is 30.2 Å². The van der Waals surface area contributed by atoms with Gasteiger partial charge in [-0.15, -0.1) is 4.91 Å². The number of benzene rings is 2. The van der Waals surface area contributed by atoms with E-state index in [1.165, 1.54) is 24.3 Å². The summed E-state index contributed by atoms with van der Waals surface area (Å²) in [6.45, 7) is 0. The standard InChI is InChI=1S/C13H9F3N2O/c14-13(15,16)9-2-1-3-12(8-9)17-10-4-6-11(18-19)7-5-10/h1-8,17H. The third-order valence-corrected chi connectivity index (χ3v) is 2.45. The second-order valence-corrected chi connectivity index (χ2v) is 3.84. The number of nitroso groups, excluding NO2 is 1. The Hall–Kier alpha value is -2.37. The Morgan fingerprint density at radius 1 is 0.947 bits per heavy atom. The van der Waals surface area contributed by atoms with Gasteiger partial charge in [-0.05, 0) is 47.6 Å². The van der Waals surface area contributed by atoms with Gasteiger partial charge in [0.25, 0.3) is 0 Å². The summed E-state index contributed by atoms with van der Waals surface area (Å²) in [6, 6.07) is 11.0. The molecule has 0 atom stereocenters. The summed E-state index contributed by atoms with van der Waals surface area (Å²) in [5.74, 6) is 0. The van der Waals surface area contributed by atoms with E-state index < -0.39 is 11.7 Å². The van der Waals surface area contributed by atoms with Crippen LogP contribution < -0.4 is 5.32 Å². The Labute approximate surface area is 107 Å².